The van der Waals surface area contributed by atoms with Gasteiger partial charge in [-0.1, -0.05) is 24.3 Å². The molecular formula is C24H24BrF3N2O3S. The predicted octanol–water partition coefficient (Wildman–Crippen LogP) is 6.47. The van der Waals surface area contributed by atoms with Gasteiger partial charge in [-0.15, -0.1) is 0 Å². The van der Waals surface area contributed by atoms with E-state index in [0.29, 0.717) is 21.5 Å². The highest BCUT2D eigenvalue weighted by molar-refractivity contribution is 9.10. The van der Waals surface area contributed by atoms with E-state index in [1.165, 1.54) is 29.6 Å². The maximum absolute atomic E-state index is 13.1. The standard InChI is InChI=1S/C24H24BrF3N2O3S/c1-16(18-5-4-6-19(13-18)24(26,27)28)29-23-12-11-21(14-22(23)25)34(31,32)30(2)15-17-7-9-20(33-3)10-8-17/h4-14,16,29H,15H2,1-3H3/t16-/m1/s1. The number of hydrogen-bond donors (Lipinski definition) is 1. The summed E-state index contributed by atoms with van der Waals surface area (Å²) in [5.74, 6) is 0.681. The molecule has 0 aliphatic carbocycles. The van der Waals surface area contributed by atoms with E-state index in [9.17, 15) is 21.6 Å². The number of benzene rings is 3. The number of halogens is 4. The summed E-state index contributed by atoms with van der Waals surface area (Å²) in [5, 5.41) is 3.13. The van der Waals surface area contributed by atoms with E-state index in [0.717, 1.165) is 17.7 Å². The molecule has 0 unspecified atom stereocenters. The Bertz CT molecular complexity index is 1250. The summed E-state index contributed by atoms with van der Waals surface area (Å²) in [6.45, 7) is 1.91. The third kappa shape index (κ3) is 6.11. The van der Waals surface area contributed by atoms with Gasteiger partial charge in [-0.2, -0.15) is 17.5 Å². The van der Waals surface area contributed by atoms with Gasteiger partial charge in [0.1, 0.15) is 5.75 Å². The molecule has 3 aromatic rings. The Morgan fingerprint density at radius 3 is 2.32 bits per heavy atom. The Hall–Kier alpha value is -2.56. The van der Waals surface area contributed by atoms with Crippen LogP contribution in [0.15, 0.2) is 76.1 Å². The average molecular weight is 557 g/mol. The first-order valence-corrected chi connectivity index (χ1v) is 12.5. The van der Waals surface area contributed by atoms with Crippen LogP contribution in [0.3, 0.4) is 0 Å². The molecule has 10 heteroatoms. The molecule has 0 aromatic heterocycles. The molecule has 34 heavy (non-hydrogen) atoms. The van der Waals surface area contributed by atoms with Crippen LogP contribution in [0.5, 0.6) is 5.75 Å². The van der Waals surface area contributed by atoms with Gasteiger partial charge < -0.3 is 10.1 Å². The molecule has 0 saturated carbocycles. The Labute approximate surface area is 205 Å². The minimum absolute atomic E-state index is 0.0904. The minimum atomic E-state index is -4.43. The van der Waals surface area contributed by atoms with Crippen molar-refractivity contribution in [2.75, 3.05) is 19.5 Å². The van der Waals surface area contributed by atoms with Crippen LogP contribution in [0.4, 0.5) is 18.9 Å². The van der Waals surface area contributed by atoms with Crippen molar-refractivity contribution in [3.05, 3.63) is 87.9 Å². The van der Waals surface area contributed by atoms with Gasteiger partial charge in [0, 0.05) is 29.8 Å². The first-order chi connectivity index (χ1) is 15.9. The molecule has 3 aromatic carbocycles. The molecule has 1 N–H and O–H groups in total. The van der Waals surface area contributed by atoms with Crippen LogP contribution in [0.1, 0.15) is 29.7 Å². The third-order valence-corrected chi connectivity index (χ3v) is 7.75. The summed E-state index contributed by atoms with van der Waals surface area (Å²) < 4.78 is 72.0. The topological polar surface area (TPSA) is 58.6 Å². The van der Waals surface area contributed by atoms with E-state index >= 15 is 0 Å². The fourth-order valence-corrected chi connectivity index (χ4v) is 5.16. The number of methoxy groups -OCH3 is 1. The zero-order valence-electron chi connectivity index (χ0n) is 18.7. The molecule has 182 valence electrons. The van der Waals surface area contributed by atoms with E-state index < -0.39 is 27.8 Å². The highest BCUT2D eigenvalue weighted by atomic mass is 79.9. The smallest absolute Gasteiger partial charge is 0.416 e. The lowest BCUT2D eigenvalue weighted by Crippen LogP contribution is -2.26. The zero-order valence-corrected chi connectivity index (χ0v) is 21.1. The van der Waals surface area contributed by atoms with Gasteiger partial charge in [0.2, 0.25) is 10.0 Å². The maximum atomic E-state index is 13.1. The average Bonchev–Trinajstić information content (AvgIpc) is 2.80. The van der Waals surface area contributed by atoms with Gasteiger partial charge in [0.15, 0.2) is 0 Å². The summed E-state index contributed by atoms with van der Waals surface area (Å²) in [4.78, 5) is 0.0904. The molecule has 3 rings (SSSR count). The molecular weight excluding hydrogens is 533 g/mol. The molecule has 0 fully saturated rings. The Morgan fingerprint density at radius 1 is 1.06 bits per heavy atom. The summed E-state index contributed by atoms with van der Waals surface area (Å²) in [6.07, 6.45) is -4.43. The van der Waals surface area contributed by atoms with Crippen molar-refractivity contribution in [3.63, 3.8) is 0 Å². The molecule has 5 nitrogen and oxygen atoms in total. The van der Waals surface area contributed by atoms with Gasteiger partial charge in [0.25, 0.3) is 0 Å². The van der Waals surface area contributed by atoms with Crippen LogP contribution >= 0.6 is 15.9 Å². The lowest BCUT2D eigenvalue weighted by molar-refractivity contribution is -0.137. The molecule has 1 atom stereocenters. The van der Waals surface area contributed by atoms with Crippen molar-refractivity contribution in [1.82, 2.24) is 4.31 Å². The number of nitrogens with zero attached hydrogens (tertiary/aromatic N) is 1. The van der Waals surface area contributed by atoms with Crippen molar-refractivity contribution in [2.24, 2.45) is 0 Å². The Morgan fingerprint density at radius 2 is 1.74 bits per heavy atom. The third-order valence-electron chi connectivity index (χ3n) is 5.30. The van der Waals surface area contributed by atoms with E-state index in [4.69, 9.17) is 4.74 Å². The molecule has 0 aliphatic heterocycles. The van der Waals surface area contributed by atoms with Gasteiger partial charge in [-0.25, -0.2) is 8.42 Å². The van der Waals surface area contributed by atoms with Crippen LogP contribution in [-0.2, 0) is 22.7 Å². The molecule has 0 amide bonds. The predicted molar refractivity (Wildman–Crippen MR) is 129 cm³/mol. The van der Waals surface area contributed by atoms with Crippen LogP contribution in [-0.4, -0.2) is 26.9 Å². The Balaban J connectivity index is 1.75. The van der Waals surface area contributed by atoms with E-state index in [1.807, 2.05) is 0 Å². The quantitative estimate of drug-likeness (QED) is 0.345. The number of anilines is 1. The van der Waals surface area contributed by atoms with Crippen molar-refractivity contribution in [1.29, 1.82) is 0 Å². The van der Waals surface area contributed by atoms with Gasteiger partial charge >= 0.3 is 6.18 Å². The van der Waals surface area contributed by atoms with Crippen molar-refractivity contribution < 1.29 is 26.3 Å². The summed E-state index contributed by atoms with van der Waals surface area (Å²) in [7, 11) is -0.722. The SMILES string of the molecule is COc1ccc(CN(C)S(=O)(=O)c2ccc(N[C@H](C)c3cccc(C(F)(F)F)c3)c(Br)c2)cc1. The lowest BCUT2D eigenvalue weighted by atomic mass is 10.0. The molecule has 0 bridgehead atoms. The summed E-state index contributed by atoms with van der Waals surface area (Å²) >= 11 is 3.38. The normalized spacial score (nSPS) is 13.1. The number of hydrogen-bond acceptors (Lipinski definition) is 4. The van der Waals surface area contributed by atoms with Crippen LogP contribution < -0.4 is 10.1 Å². The molecule has 0 radical (unpaired) electrons. The lowest BCUT2D eigenvalue weighted by Gasteiger charge is -2.20. The summed E-state index contributed by atoms with van der Waals surface area (Å²) in [6, 6.07) is 16.3. The number of rotatable bonds is 8. The fraction of sp³-hybridized carbons (Fsp3) is 0.250. The second-order valence-electron chi connectivity index (χ2n) is 7.74. The van der Waals surface area contributed by atoms with Crippen molar-refractivity contribution in [2.45, 2.75) is 30.6 Å². The van der Waals surface area contributed by atoms with Crippen LogP contribution in [0.25, 0.3) is 0 Å². The first kappa shape index (κ1) is 26.1. The second kappa shape index (κ2) is 10.4. The van der Waals surface area contributed by atoms with Crippen molar-refractivity contribution in [3.8, 4) is 5.75 Å². The number of ether oxygens (including phenoxy) is 1. The van der Waals surface area contributed by atoms with Crippen LogP contribution in [0, 0.1) is 0 Å². The molecule has 0 aliphatic rings. The van der Waals surface area contributed by atoms with E-state index in [2.05, 4.69) is 21.2 Å². The van der Waals surface area contributed by atoms with Crippen molar-refractivity contribution >= 4 is 31.6 Å². The highest BCUT2D eigenvalue weighted by Crippen LogP contribution is 2.33. The number of nitrogens with one attached hydrogen (secondary N) is 1. The Kier molecular flexibility index (Phi) is 7.95. The van der Waals surface area contributed by atoms with Gasteiger partial charge in [-0.3, -0.25) is 0 Å². The molecule has 0 saturated heterocycles. The highest BCUT2D eigenvalue weighted by Gasteiger charge is 2.30. The number of sulfonamides is 1. The zero-order chi connectivity index (χ0) is 25.1. The fourth-order valence-electron chi connectivity index (χ4n) is 3.33. The summed E-state index contributed by atoms with van der Waals surface area (Å²) in [5.41, 5.74) is 1.09. The van der Waals surface area contributed by atoms with E-state index in [-0.39, 0.29) is 11.4 Å². The van der Waals surface area contributed by atoms with Gasteiger partial charge in [0.05, 0.1) is 17.6 Å². The number of alkyl halides is 3. The van der Waals surface area contributed by atoms with E-state index in [1.54, 1.807) is 50.4 Å². The minimum Gasteiger partial charge on any atom is -0.497 e. The molecule has 0 spiro atoms. The first-order valence-electron chi connectivity index (χ1n) is 10.2. The monoisotopic (exact) mass is 556 g/mol. The molecule has 0 heterocycles. The second-order valence-corrected chi connectivity index (χ2v) is 10.6. The van der Waals surface area contributed by atoms with Crippen LogP contribution in [0.2, 0.25) is 0 Å². The van der Waals surface area contributed by atoms with Gasteiger partial charge in [-0.05, 0) is 76.4 Å². The maximum Gasteiger partial charge on any atom is 0.416 e. The largest absolute Gasteiger partial charge is 0.497 e.